The first kappa shape index (κ1) is 10.6. The maximum absolute atomic E-state index is 9.92. The van der Waals surface area contributed by atoms with E-state index in [0.717, 1.165) is 32.4 Å². The molecule has 84 valence electrons. The number of aromatic nitrogens is 2. The molecule has 0 aromatic carbocycles. The molecule has 1 aliphatic heterocycles. The summed E-state index contributed by atoms with van der Waals surface area (Å²) in [6.45, 7) is 4.47. The van der Waals surface area contributed by atoms with E-state index in [9.17, 15) is 5.11 Å². The summed E-state index contributed by atoms with van der Waals surface area (Å²) in [6, 6.07) is 0. The molecule has 0 saturated carbocycles. The highest BCUT2D eigenvalue weighted by molar-refractivity contribution is 4.82. The molecule has 0 aliphatic carbocycles. The lowest BCUT2D eigenvalue weighted by Crippen LogP contribution is -2.28. The maximum atomic E-state index is 9.92. The highest BCUT2D eigenvalue weighted by atomic mass is 16.5. The van der Waals surface area contributed by atoms with Gasteiger partial charge in [0.15, 0.2) is 6.33 Å². The van der Waals surface area contributed by atoms with Gasteiger partial charge in [-0.15, -0.1) is 0 Å². The largest absolute Gasteiger partial charge is 0.390 e. The maximum Gasteiger partial charge on any atom is 0.240 e. The minimum Gasteiger partial charge on any atom is -0.390 e. The van der Waals surface area contributed by atoms with Crippen molar-refractivity contribution in [2.75, 3.05) is 13.1 Å². The van der Waals surface area contributed by atoms with Crippen molar-refractivity contribution in [3.8, 4) is 0 Å². The quantitative estimate of drug-likeness (QED) is 0.784. The number of hydrogen-bond acceptors (Lipinski definition) is 5. The van der Waals surface area contributed by atoms with Gasteiger partial charge < -0.3 is 9.63 Å². The Bertz CT molecular complexity index is 298. The normalized spacial score (nSPS) is 28.9. The fraction of sp³-hybridized carbons (Fsp3) is 0.800. The van der Waals surface area contributed by atoms with Crippen LogP contribution in [0.25, 0.3) is 0 Å². The highest BCUT2D eigenvalue weighted by Crippen LogP contribution is 2.21. The fourth-order valence-electron chi connectivity index (χ4n) is 1.93. The minimum absolute atomic E-state index is 0.510. The zero-order valence-corrected chi connectivity index (χ0v) is 9.02. The summed E-state index contributed by atoms with van der Waals surface area (Å²) >= 11 is 0. The third kappa shape index (κ3) is 3.00. The van der Waals surface area contributed by atoms with Crippen LogP contribution in [0.5, 0.6) is 0 Å². The van der Waals surface area contributed by atoms with Gasteiger partial charge >= 0.3 is 0 Å². The summed E-state index contributed by atoms with van der Waals surface area (Å²) in [7, 11) is 0. The molecule has 2 heterocycles. The number of hydrogen-bond donors (Lipinski definition) is 1. The summed E-state index contributed by atoms with van der Waals surface area (Å²) in [6.07, 6.45) is 4.11. The van der Waals surface area contributed by atoms with Crippen LogP contribution in [0.2, 0.25) is 0 Å². The summed E-state index contributed by atoms with van der Waals surface area (Å²) in [5.41, 5.74) is -0.510. The van der Waals surface area contributed by atoms with Crippen molar-refractivity contribution >= 4 is 0 Å². The van der Waals surface area contributed by atoms with Crippen LogP contribution in [0.4, 0.5) is 0 Å². The fourth-order valence-corrected chi connectivity index (χ4v) is 1.93. The average Bonchev–Trinajstić information content (AvgIpc) is 2.60. The van der Waals surface area contributed by atoms with Gasteiger partial charge in [0.25, 0.3) is 0 Å². The van der Waals surface area contributed by atoms with Crippen LogP contribution >= 0.6 is 0 Å². The molecule has 0 bridgehead atoms. The van der Waals surface area contributed by atoms with E-state index in [1.807, 2.05) is 6.92 Å². The van der Waals surface area contributed by atoms with Crippen LogP contribution in [0.15, 0.2) is 10.9 Å². The molecule has 0 amide bonds. The van der Waals surface area contributed by atoms with Crippen molar-refractivity contribution in [1.29, 1.82) is 0 Å². The van der Waals surface area contributed by atoms with E-state index in [2.05, 4.69) is 15.0 Å². The average molecular weight is 211 g/mol. The van der Waals surface area contributed by atoms with Crippen molar-refractivity contribution in [1.82, 2.24) is 15.0 Å². The van der Waals surface area contributed by atoms with Crippen LogP contribution < -0.4 is 0 Å². The van der Waals surface area contributed by atoms with Crippen molar-refractivity contribution in [2.45, 2.75) is 38.3 Å². The third-order valence-electron chi connectivity index (χ3n) is 2.92. The molecular formula is C10H17N3O2. The van der Waals surface area contributed by atoms with E-state index in [1.54, 1.807) is 0 Å². The third-order valence-corrected chi connectivity index (χ3v) is 2.92. The lowest BCUT2D eigenvalue weighted by molar-refractivity contribution is 0.0440. The Morgan fingerprint density at radius 3 is 3.13 bits per heavy atom. The lowest BCUT2D eigenvalue weighted by Gasteiger charge is -2.21. The second kappa shape index (κ2) is 4.28. The summed E-state index contributed by atoms with van der Waals surface area (Å²) in [4.78, 5) is 6.24. The Morgan fingerprint density at radius 1 is 1.53 bits per heavy atom. The number of nitrogens with zero attached hydrogens (tertiary/aromatic N) is 3. The predicted molar refractivity (Wildman–Crippen MR) is 54.0 cm³/mol. The first-order chi connectivity index (χ1) is 7.16. The van der Waals surface area contributed by atoms with E-state index in [0.29, 0.717) is 12.4 Å². The van der Waals surface area contributed by atoms with Crippen molar-refractivity contribution < 1.29 is 9.63 Å². The van der Waals surface area contributed by atoms with Gasteiger partial charge in [0, 0.05) is 6.54 Å². The van der Waals surface area contributed by atoms with E-state index >= 15 is 0 Å². The number of aliphatic hydroxyl groups is 1. The van der Waals surface area contributed by atoms with Crippen molar-refractivity contribution in [3.05, 3.63) is 12.2 Å². The first-order valence-corrected chi connectivity index (χ1v) is 5.36. The molecule has 1 atom stereocenters. The van der Waals surface area contributed by atoms with Gasteiger partial charge in [-0.3, -0.25) is 4.90 Å². The van der Waals surface area contributed by atoms with E-state index in [1.165, 1.54) is 6.33 Å². The Hall–Kier alpha value is -0.940. The zero-order chi connectivity index (χ0) is 10.7. The molecule has 1 saturated heterocycles. The summed E-state index contributed by atoms with van der Waals surface area (Å²) < 4.78 is 4.96. The smallest absolute Gasteiger partial charge is 0.240 e. The molecule has 0 radical (unpaired) electrons. The molecule has 1 aromatic heterocycles. The topological polar surface area (TPSA) is 62.4 Å². The summed E-state index contributed by atoms with van der Waals surface area (Å²) in [5, 5.41) is 13.5. The Morgan fingerprint density at radius 2 is 2.40 bits per heavy atom. The van der Waals surface area contributed by atoms with Crippen LogP contribution in [0, 0.1) is 0 Å². The molecule has 2 rings (SSSR count). The van der Waals surface area contributed by atoms with Crippen LogP contribution in [-0.4, -0.2) is 38.8 Å². The molecule has 5 heteroatoms. The number of likely N-dealkylation sites (tertiary alicyclic amines) is 1. The second-order valence-electron chi connectivity index (χ2n) is 4.46. The first-order valence-electron chi connectivity index (χ1n) is 5.36. The van der Waals surface area contributed by atoms with Gasteiger partial charge in [-0.1, -0.05) is 5.16 Å². The molecular weight excluding hydrogens is 194 g/mol. The predicted octanol–water partition coefficient (Wildman–Crippen LogP) is 0.807. The number of rotatable bonds is 2. The second-order valence-corrected chi connectivity index (χ2v) is 4.46. The summed E-state index contributed by atoms with van der Waals surface area (Å²) in [5.74, 6) is 0.650. The van der Waals surface area contributed by atoms with Gasteiger partial charge in [0.2, 0.25) is 5.89 Å². The highest BCUT2D eigenvalue weighted by Gasteiger charge is 2.25. The van der Waals surface area contributed by atoms with Gasteiger partial charge in [-0.25, -0.2) is 0 Å². The minimum atomic E-state index is -0.510. The van der Waals surface area contributed by atoms with Gasteiger partial charge in [0.05, 0.1) is 12.1 Å². The van der Waals surface area contributed by atoms with E-state index in [-0.39, 0.29) is 0 Å². The SMILES string of the molecule is CC1(O)CCCN(Cc2ncno2)CC1. The molecule has 1 aromatic rings. The van der Waals surface area contributed by atoms with Gasteiger partial charge in [-0.2, -0.15) is 4.98 Å². The molecule has 1 fully saturated rings. The zero-order valence-electron chi connectivity index (χ0n) is 9.02. The van der Waals surface area contributed by atoms with Crippen molar-refractivity contribution in [3.63, 3.8) is 0 Å². The van der Waals surface area contributed by atoms with E-state index < -0.39 is 5.60 Å². The van der Waals surface area contributed by atoms with Crippen molar-refractivity contribution in [2.24, 2.45) is 0 Å². The van der Waals surface area contributed by atoms with Gasteiger partial charge in [0.1, 0.15) is 0 Å². The Balaban J connectivity index is 1.89. The molecule has 1 unspecified atom stereocenters. The Labute approximate surface area is 89.1 Å². The Kier molecular flexibility index (Phi) is 3.02. The molecule has 1 N–H and O–H groups in total. The van der Waals surface area contributed by atoms with Gasteiger partial charge in [-0.05, 0) is 32.7 Å². The monoisotopic (exact) mass is 211 g/mol. The lowest BCUT2D eigenvalue weighted by atomic mass is 9.98. The van der Waals surface area contributed by atoms with E-state index in [4.69, 9.17) is 4.52 Å². The van der Waals surface area contributed by atoms with Crippen LogP contribution in [0.3, 0.4) is 0 Å². The molecule has 15 heavy (non-hydrogen) atoms. The standard InChI is InChI=1S/C10H17N3O2/c1-10(14)3-2-5-13(6-4-10)7-9-11-8-12-15-9/h8,14H,2-7H2,1H3. The molecule has 5 nitrogen and oxygen atoms in total. The molecule has 1 aliphatic rings. The molecule has 0 spiro atoms. The van der Waals surface area contributed by atoms with Crippen LogP contribution in [0.1, 0.15) is 32.1 Å². The van der Waals surface area contributed by atoms with Crippen LogP contribution in [-0.2, 0) is 6.54 Å².